The van der Waals surface area contributed by atoms with Crippen LogP contribution in [0, 0.1) is 0 Å². The van der Waals surface area contributed by atoms with Crippen molar-refractivity contribution in [1.29, 1.82) is 0 Å². The first-order chi connectivity index (χ1) is 11.0. The summed E-state index contributed by atoms with van der Waals surface area (Å²) < 4.78 is 9.94. The van der Waals surface area contributed by atoms with Gasteiger partial charge in [0, 0.05) is 0 Å². The average molecular weight is 320 g/mol. The second kappa shape index (κ2) is 7.23. The van der Waals surface area contributed by atoms with E-state index in [2.05, 4.69) is 10.1 Å². The third-order valence-corrected chi connectivity index (χ3v) is 3.56. The highest BCUT2D eigenvalue weighted by atomic mass is 16.5. The molecule has 1 aliphatic rings. The molecule has 2 atom stereocenters. The number of carbonyl (C=O) groups is 3. The second-order valence-corrected chi connectivity index (χ2v) is 5.16. The third-order valence-electron chi connectivity index (χ3n) is 3.56. The molecule has 7 nitrogen and oxygen atoms in total. The standard InChI is InChI=1S/C16H20N2O5/c1-4-23-12-7-5-11(6-8-12)18-14(19)9-13(15(18)20)17-10(2)16(21)22-3/h5-8,10,13,17H,4,9H2,1-3H3/t10-,13-/m0/s1. The van der Waals surface area contributed by atoms with Crippen LogP contribution < -0.4 is 15.0 Å². The van der Waals surface area contributed by atoms with Crippen LogP contribution in [0.25, 0.3) is 0 Å². The number of ether oxygens (including phenoxy) is 2. The highest BCUT2D eigenvalue weighted by Gasteiger charge is 2.40. The van der Waals surface area contributed by atoms with Crippen molar-refractivity contribution in [2.45, 2.75) is 32.4 Å². The summed E-state index contributed by atoms with van der Waals surface area (Å²) in [6.07, 6.45) is 0.00732. The summed E-state index contributed by atoms with van der Waals surface area (Å²) in [6.45, 7) is 4.00. The minimum Gasteiger partial charge on any atom is -0.494 e. The first-order valence-electron chi connectivity index (χ1n) is 7.41. The molecule has 1 saturated heterocycles. The van der Waals surface area contributed by atoms with Crippen LogP contribution in [-0.2, 0) is 19.1 Å². The van der Waals surface area contributed by atoms with Gasteiger partial charge in [-0.05, 0) is 38.1 Å². The van der Waals surface area contributed by atoms with Crippen molar-refractivity contribution in [2.24, 2.45) is 0 Å². The summed E-state index contributed by atoms with van der Waals surface area (Å²) in [7, 11) is 1.27. The fraction of sp³-hybridized carbons (Fsp3) is 0.438. The van der Waals surface area contributed by atoms with Crippen LogP contribution in [0.3, 0.4) is 0 Å². The Morgan fingerprint density at radius 1 is 1.35 bits per heavy atom. The van der Waals surface area contributed by atoms with Crippen LogP contribution in [0.5, 0.6) is 5.75 Å². The topological polar surface area (TPSA) is 84.9 Å². The predicted molar refractivity (Wildman–Crippen MR) is 83.1 cm³/mol. The number of amides is 2. The molecule has 1 N–H and O–H groups in total. The number of imide groups is 1. The Hall–Kier alpha value is -2.41. The van der Waals surface area contributed by atoms with Crippen LogP contribution in [-0.4, -0.2) is 43.6 Å². The largest absolute Gasteiger partial charge is 0.494 e. The van der Waals surface area contributed by atoms with Gasteiger partial charge in [-0.25, -0.2) is 4.90 Å². The van der Waals surface area contributed by atoms with Crippen molar-refractivity contribution in [3.05, 3.63) is 24.3 Å². The maximum Gasteiger partial charge on any atom is 0.322 e. The lowest BCUT2D eigenvalue weighted by molar-refractivity contribution is -0.143. The van der Waals surface area contributed by atoms with E-state index in [1.807, 2.05) is 6.92 Å². The van der Waals surface area contributed by atoms with Crippen LogP contribution in [0.15, 0.2) is 24.3 Å². The molecule has 0 saturated carbocycles. The molecule has 1 aliphatic heterocycles. The average Bonchev–Trinajstić information content (AvgIpc) is 2.82. The van der Waals surface area contributed by atoms with Crippen LogP contribution in [0.4, 0.5) is 5.69 Å². The molecule has 0 unspecified atom stereocenters. The second-order valence-electron chi connectivity index (χ2n) is 5.16. The van der Waals surface area contributed by atoms with Gasteiger partial charge in [-0.15, -0.1) is 0 Å². The molecule has 0 aromatic heterocycles. The predicted octanol–water partition coefficient (Wildman–Crippen LogP) is 0.868. The van der Waals surface area contributed by atoms with E-state index in [-0.39, 0.29) is 18.2 Å². The Bertz CT molecular complexity index is 599. The van der Waals surface area contributed by atoms with Crippen molar-refractivity contribution >= 4 is 23.5 Å². The molecule has 23 heavy (non-hydrogen) atoms. The van der Waals surface area contributed by atoms with Gasteiger partial charge in [0.05, 0.1) is 31.9 Å². The normalized spacial score (nSPS) is 18.9. The lowest BCUT2D eigenvalue weighted by Crippen LogP contribution is -2.46. The quantitative estimate of drug-likeness (QED) is 0.618. The number of benzene rings is 1. The molecule has 2 amide bonds. The van der Waals surface area contributed by atoms with Crippen LogP contribution in [0.1, 0.15) is 20.3 Å². The monoisotopic (exact) mass is 320 g/mol. The van der Waals surface area contributed by atoms with Gasteiger partial charge in [-0.1, -0.05) is 0 Å². The first kappa shape index (κ1) is 17.0. The SMILES string of the molecule is CCOc1ccc(N2C(=O)C[C@H](N[C@@H](C)C(=O)OC)C2=O)cc1. The lowest BCUT2D eigenvalue weighted by Gasteiger charge is -2.18. The smallest absolute Gasteiger partial charge is 0.322 e. The number of rotatable bonds is 6. The Balaban J connectivity index is 2.10. The lowest BCUT2D eigenvalue weighted by atomic mass is 10.2. The van der Waals surface area contributed by atoms with Gasteiger partial charge in [0.15, 0.2) is 0 Å². The third kappa shape index (κ3) is 3.68. The van der Waals surface area contributed by atoms with Gasteiger partial charge in [0.25, 0.3) is 5.91 Å². The van der Waals surface area contributed by atoms with Crippen LogP contribution >= 0.6 is 0 Å². The van der Waals surface area contributed by atoms with Gasteiger partial charge in [-0.3, -0.25) is 19.7 Å². The van der Waals surface area contributed by atoms with Gasteiger partial charge >= 0.3 is 5.97 Å². The highest BCUT2D eigenvalue weighted by Crippen LogP contribution is 2.25. The molecule has 0 spiro atoms. The molecule has 0 aliphatic carbocycles. The Labute approximate surface area is 134 Å². The summed E-state index contributed by atoms with van der Waals surface area (Å²) in [6, 6.07) is 5.33. The fourth-order valence-corrected chi connectivity index (χ4v) is 2.44. The van der Waals surface area contributed by atoms with Crippen molar-refractivity contribution in [1.82, 2.24) is 5.32 Å². The van der Waals surface area contributed by atoms with Gasteiger partial charge in [-0.2, -0.15) is 0 Å². The maximum atomic E-state index is 12.4. The summed E-state index contributed by atoms with van der Waals surface area (Å²) in [5.74, 6) is -0.502. The van der Waals surface area contributed by atoms with Gasteiger partial charge in [0.1, 0.15) is 11.8 Å². The Kier molecular flexibility index (Phi) is 5.33. The van der Waals surface area contributed by atoms with Crippen molar-refractivity contribution in [3.8, 4) is 5.75 Å². The first-order valence-corrected chi connectivity index (χ1v) is 7.41. The zero-order valence-electron chi connectivity index (χ0n) is 13.4. The van der Waals surface area contributed by atoms with Crippen molar-refractivity contribution in [3.63, 3.8) is 0 Å². The number of hydrogen-bond acceptors (Lipinski definition) is 6. The number of carbonyl (C=O) groups excluding carboxylic acids is 3. The van der Waals surface area contributed by atoms with Gasteiger partial charge in [0.2, 0.25) is 5.91 Å². The van der Waals surface area contributed by atoms with E-state index in [0.717, 1.165) is 4.90 Å². The molecule has 0 bridgehead atoms. The van der Waals surface area contributed by atoms with Crippen molar-refractivity contribution in [2.75, 3.05) is 18.6 Å². The minimum absolute atomic E-state index is 0.00732. The van der Waals surface area contributed by atoms with E-state index >= 15 is 0 Å². The van der Waals surface area contributed by atoms with E-state index < -0.39 is 18.1 Å². The summed E-state index contributed by atoms with van der Waals surface area (Å²) in [5.41, 5.74) is 0.485. The number of esters is 1. The Morgan fingerprint density at radius 2 is 2.00 bits per heavy atom. The molecule has 2 rings (SSSR count). The highest BCUT2D eigenvalue weighted by molar-refractivity contribution is 6.22. The number of nitrogens with zero attached hydrogens (tertiary/aromatic N) is 1. The van der Waals surface area contributed by atoms with E-state index in [9.17, 15) is 14.4 Å². The molecular weight excluding hydrogens is 300 g/mol. The molecular formula is C16H20N2O5. The van der Waals surface area contributed by atoms with Crippen molar-refractivity contribution < 1.29 is 23.9 Å². The number of nitrogens with one attached hydrogen (secondary N) is 1. The number of hydrogen-bond donors (Lipinski definition) is 1. The minimum atomic E-state index is -0.733. The number of methoxy groups -OCH3 is 1. The van der Waals surface area contributed by atoms with E-state index in [4.69, 9.17) is 4.74 Å². The zero-order chi connectivity index (χ0) is 17.0. The molecule has 124 valence electrons. The van der Waals surface area contributed by atoms with E-state index in [1.165, 1.54) is 7.11 Å². The van der Waals surface area contributed by atoms with Crippen LogP contribution in [0.2, 0.25) is 0 Å². The molecule has 1 heterocycles. The molecule has 1 aromatic carbocycles. The zero-order valence-corrected chi connectivity index (χ0v) is 13.4. The molecule has 1 fully saturated rings. The summed E-state index contributed by atoms with van der Waals surface area (Å²) >= 11 is 0. The molecule has 1 aromatic rings. The fourth-order valence-electron chi connectivity index (χ4n) is 2.44. The van der Waals surface area contributed by atoms with E-state index in [1.54, 1.807) is 31.2 Å². The maximum absolute atomic E-state index is 12.4. The molecule has 7 heteroatoms. The Morgan fingerprint density at radius 3 is 2.57 bits per heavy atom. The summed E-state index contributed by atoms with van der Waals surface area (Å²) in [4.78, 5) is 37.1. The molecule has 0 radical (unpaired) electrons. The summed E-state index contributed by atoms with van der Waals surface area (Å²) in [5, 5.41) is 2.83. The number of anilines is 1. The van der Waals surface area contributed by atoms with Gasteiger partial charge < -0.3 is 9.47 Å². The van der Waals surface area contributed by atoms with E-state index in [0.29, 0.717) is 18.0 Å².